The molecule has 14 heteroatoms. The van der Waals surface area contributed by atoms with Gasteiger partial charge in [0.2, 0.25) is 5.95 Å². The lowest BCUT2D eigenvalue weighted by molar-refractivity contribution is 0.0636. The lowest BCUT2D eigenvalue weighted by atomic mass is 9.94. The van der Waals surface area contributed by atoms with E-state index >= 15 is 8.78 Å². The van der Waals surface area contributed by atoms with Crippen molar-refractivity contribution >= 4 is 49.4 Å². The number of hydrogen-bond donors (Lipinski definition) is 3. The molecular formula is C30H31F2N7O4S. The fourth-order valence-electron chi connectivity index (χ4n) is 5.70. The number of amides is 1. The van der Waals surface area contributed by atoms with Gasteiger partial charge in [-0.05, 0) is 31.9 Å². The number of benzene rings is 1. The highest BCUT2D eigenvalue weighted by Crippen LogP contribution is 2.46. The van der Waals surface area contributed by atoms with Crippen molar-refractivity contribution in [2.24, 2.45) is 0 Å². The van der Waals surface area contributed by atoms with Crippen molar-refractivity contribution in [3.8, 4) is 17.3 Å². The predicted molar refractivity (Wildman–Crippen MR) is 161 cm³/mol. The average molecular weight is 624 g/mol. The van der Waals surface area contributed by atoms with Crippen LogP contribution in [0.5, 0.6) is 0 Å². The van der Waals surface area contributed by atoms with E-state index in [4.69, 9.17) is 9.47 Å². The van der Waals surface area contributed by atoms with Crippen molar-refractivity contribution < 1.29 is 28.2 Å². The topological polar surface area (TPSA) is 146 Å². The number of nitriles is 1. The maximum atomic E-state index is 16.7. The number of pyridine rings is 1. The average Bonchev–Trinajstić information content (AvgIpc) is 3.66. The Kier molecular flexibility index (Phi) is 7.61. The summed E-state index contributed by atoms with van der Waals surface area (Å²) in [5.41, 5.74) is 0.390. The highest BCUT2D eigenvalue weighted by molar-refractivity contribution is 7.23. The Balaban J connectivity index is 1.50. The third-order valence-corrected chi connectivity index (χ3v) is 8.55. The van der Waals surface area contributed by atoms with E-state index in [0.717, 1.165) is 17.5 Å². The summed E-state index contributed by atoms with van der Waals surface area (Å²) in [6, 6.07) is 1.99. The van der Waals surface area contributed by atoms with Crippen LogP contribution in [0.3, 0.4) is 0 Å². The minimum absolute atomic E-state index is 0.0177. The van der Waals surface area contributed by atoms with Crippen molar-refractivity contribution in [2.75, 3.05) is 23.3 Å². The number of ether oxygens (including phenoxy) is 2. The Morgan fingerprint density at radius 1 is 1.23 bits per heavy atom. The third kappa shape index (κ3) is 5.30. The maximum absolute atomic E-state index is 16.7. The Labute approximate surface area is 255 Å². The number of anilines is 2. The summed E-state index contributed by atoms with van der Waals surface area (Å²) in [4.78, 5) is 27.7. The number of aliphatic hydroxyl groups excluding tert-OH is 1. The molecule has 5 heterocycles. The van der Waals surface area contributed by atoms with Gasteiger partial charge in [-0.15, -0.1) is 11.3 Å². The molecular weight excluding hydrogens is 592 g/mol. The largest absolute Gasteiger partial charge is 0.444 e. The number of aliphatic hydroxyl groups is 1. The molecule has 230 valence electrons. The van der Waals surface area contributed by atoms with E-state index in [1.165, 1.54) is 0 Å². The Bertz CT molecular complexity index is 1850. The van der Waals surface area contributed by atoms with Gasteiger partial charge in [-0.3, -0.25) is 10.3 Å². The second-order valence-corrected chi connectivity index (χ2v) is 13.2. The first-order chi connectivity index (χ1) is 20.9. The summed E-state index contributed by atoms with van der Waals surface area (Å²) in [5.74, 6) is -1.19. The third-order valence-electron chi connectivity index (χ3n) is 7.44. The van der Waals surface area contributed by atoms with Crippen LogP contribution in [0, 0.1) is 23.0 Å². The fourth-order valence-corrected chi connectivity index (χ4v) is 6.73. The van der Waals surface area contributed by atoms with Gasteiger partial charge in [0.05, 0.1) is 47.5 Å². The molecule has 44 heavy (non-hydrogen) atoms. The molecule has 2 atom stereocenters. The minimum Gasteiger partial charge on any atom is -0.444 e. The predicted octanol–water partition coefficient (Wildman–Crippen LogP) is 4.98. The van der Waals surface area contributed by atoms with Crippen LogP contribution in [-0.2, 0) is 22.7 Å². The summed E-state index contributed by atoms with van der Waals surface area (Å²) in [5, 5.41) is 27.2. The van der Waals surface area contributed by atoms with Gasteiger partial charge < -0.3 is 24.8 Å². The summed E-state index contributed by atoms with van der Waals surface area (Å²) >= 11 is 0.840. The van der Waals surface area contributed by atoms with Gasteiger partial charge >= 0.3 is 6.09 Å². The fraction of sp³-hybridized carbons (Fsp3) is 0.433. The normalized spacial score (nSPS) is 18.3. The van der Waals surface area contributed by atoms with E-state index in [1.807, 2.05) is 19.9 Å². The number of thiophene rings is 1. The van der Waals surface area contributed by atoms with Gasteiger partial charge in [0, 0.05) is 41.7 Å². The van der Waals surface area contributed by atoms with Gasteiger partial charge in [0.15, 0.2) is 11.6 Å². The molecule has 1 aromatic carbocycles. The Morgan fingerprint density at radius 3 is 2.68 bits per heavy atom. The number of aromatic nitrogens is 3. The van der Waals surface area contributed by atoms with E-state index in [0.29, 0.717) is 23.1 Å². The number of rotatable bonds is 5. The molecule has 0 unspecified atom stereocenters. The first kappa shape index (κ1) is 30.0. The monoisotopic (exact) mass is 623 g/mol. The molecule has 0 spiro atoms. The lowest BCUT2D eigenvalue weighted by Crippen LogP contribution is -2.42. The molecule has 3 N–H and O–H groups in total. The SMILES string of the molecule is CC(C)N[C@@H]1CN(c2ncc3c4c(c(-c5ncc(F)c6sc(NC(=O)OC(C)(C)C)c(C#N)c56)c(F)c3n2)COC4)C[C@H]1O. The van der Waals surface area contributed by atoms with Crippen LogP contribution < -0.4 is 15.5 Å². The van der Waals surface area contributed by atoms with Gasteiger partial charge in [-0.1, -0.05) is 13.8 Å². The van der Waals surface area contributed by atoms with Crippen molar-refractivity contribution in [3.63, 3.8) is 0 Å². The van der Waals surface area contributed by atoms with Crippen molar-refractivity contribution in [3.05, 3.63) is 40.7 Å². The number of fused-ring (bicyclic) bond motifs is 4. The number of nitrogens with zero attached hydrogens (tertiary/aromatic N) is 5. The maximum Gasteiger partial charge on any atom is 0.412 e. The minimum atomic E-state index is -0.816. The molecule has 3 aromatic heterocycles. The second kappa shape index (κ2) is 11.2. The van der Waals surface area contributed by atoms with Gasteiger partial charge in [-0.2, -0.15) is 5.26 Å². The highest BCUT2D eigenvalue weighted by atomic mass is 32.1. The van der Waals surface area contributed by atoms with Crippen LogP contribution in [0.4, 0.5) is 24.5 Å². The van der Waals surface area contributed by atoms with Crippen molar-refractivity contribution in [2.45, 2.75) is 71.6 Å². The molecule has 0 saturated carbocycles. The highest BCUT2D eigenvalue weighted by Gasteiger charge is 2.35. The molecule has 1 fully saturated rings. The van der Waals surface area contributed by atoms with E-state index < -0.39 is 29.4 Å². The molecule has 0 bridgehead atoms. The summed E-state index contributed by atoms with van der Waals surface area (Å²) < 4.78 is 42.9. The number of halogens is 2. The zero-order chi connectivity index (χ0) is 31.5. The first-order valence-corrected chi connectivity index (χ1v) is 15.0. The summed E-state index contributed by atoms with van der Waals surface area (Å²) in [7, 11) is 0. The molecule has 6 rings (SSSR count). The Hall–Kier alpha value is -4.03. The van der Waals surface area contributed by atoms with Crippen LogP contribution in [0.2, 0.25) is 0 Å². The molecule has 2 aliphatic rings. The zero-order valence-electron chi connectivity index (χ0n) is 24.8. The van der Waals surface area contributed by atoms with Crippen LogP contribution in [0.25, 0.3) is 32.2 Å². The van der Waals surface area contributed by atoms with Crippen LogP contribution >= 0.6 is 11.3 Å². The summed E-state index contributed by atoms with van der Waals surface area (Å²) in [6.45, 7) is 10.00. The Morgan fingerprint density at radius 2 is 1.98 bits per heavy atom. The number of hydrogen-bond acceptors (Lipinski definition) is 11. The smallest absolute Gasteiger partial charge is 0.412 e. The van der Waals surface area contributed by atoms with Crippen molar-refractivity contribution in [1.82, 2.24) is 20.3 Å². The molecule has 4 aromatic rings. The number of carbonyl (C=O) groups is 1. The molecule has 0 aliphatic carbocycles. The van der Waals surface area contributed by atoms with Gasteiger partial charge in [0.1, 0.15) is 22.2 Å². The second-order valence-electron chi connectivity index (χ2n) is 12.2. The van der Waals surface area contributed by atoms with Crippen LogP contribution in [-0.4, -0.2) is 63.0 Å². The molecule has 2 aliphatic heterocycles. The number of β-amino-alcohol motifs (C(OH)–C–C–N with tert-alkyl or cyclic N) is 1. The van der Waals surface area contributed by atoms with Crippen molar-refractivity contribution in [1.29, 1.82) is 5.26 Å². The molecule has 0 radical (unpaired) electrons. The molecule has 1 amide bonds. The van der Waals surface area contributed by atoms with E-state index in [-0.39, 0.29) is 75.2 Å². The first-order valence-electron chi connectivity index (χ1n) is 14.1. The molecule has 1 saturated heterocycles. The summed E-state index contributed by atoms with van der Waals surface area (Å²) in [6.07, 6.45) is 1.05. The number of carbonyl (C=O) groups excluding carboxylic acids is 1. The molecule has 11 nitrogen and oxygen atoms in total. The van der Waals surface area contributed by atoms with E-state index in [2.05, 4.69) is 25.6 Å². The standard InChI is InChI=1S/C30H31F2N7O4S/c1-13(2)36-19-9-39(10-20(19)40)28-35-7-15-16-11-42-12-17(16)21(23(32)24(15)37-28)25-22-14(6-33)27(38-29(41)43-30(3,4)5)44-26(22)18(31)8-34-25/h7-8,13,19-20,36,40H,9-12H2,1-5H3,(H,38,41)/t19-,20-/m1/s1. The van der Waals surface area contributed by atoms with Gasteiger partial charge in [-0.25, -0.2) is 23.5 Å². The quantitative estimate of drug-likeness (QED) is 0.278. The van der Waals surface area contributed by atoms with Crippen LogP contribution in [0.1, 0.15) is 51.3 Å². The van der Waals surface area contributed by atoms with E-state index in [9.17, 15) is 15.2 Å². The number of nitrogens with one attached hydrogen (secondary N) is 2. The zero-order valence-corrected chi connectivity index (χ0v) is 25.6. The van der Waals surface area contributed by atoms with E-state index in [1.54, 1.807) is 31.9 Å². The van der Waals surface area contributed by atoms with Gasteiger partial charge in [0.25, 0.3) is 0 Å². The lowest BCUT2D eigenvalue weighted by Gasteiger charge is -2.19. The van der Waals surface area contributed by atoms with Crippen LogP contribution in [0.15, 0.2) is 12.4 Å².